The molecular weight excluding hydrogens is 230 g/mol. The highest BCUT2D eigenvalue weighted by molar-refractivity contribution is 9.09. The van der Waals surface area contributed by atoms with Gasteiger partial charge in [-0.1, -0.05) is 22.4 Å². The molecule has 0 aromatic heterocycles. The van der Waals surface area contributed by atoms with Gasteiger partial charge >= 0.3 is 0 Å². The maximum atomic E-state index is 5.46. The zero-order chi connectivity index (χ0) is 9.10. The van der Waals surface area contributed by atoms with E-state index in [2.05, 4.69) is 20.8 Å². The number of nitrogens with zero attached hydrogens (tertiary/aromatic N) is 1. The monoisotopic (exact) mass is 247 g/mol. The topological polar surface area (TPSA) is 12.5 Å². The molecule has 1 saturated heterocycles. The number of hydrogen-bond acceptors (Lipinski definition) is 2. The molecule has 1 atom stereocenters. The summed E-state index contributed by atoms with van der Waals surface area (Å²) in [6, 6.07) is 0.620. The summed E-state index contributed by atoms with van der Waals surface area (Å²) in [5.41, 5.74) is 0. The van der Waals surface area contributed by atoms with Crippen molar-refractivity contribution >= 4 is 15.9 Å². The van der Waals surface area contributed by atoms with Crippen molar-refractivity contribution in [2.75, 3.05) is 31.6 Å². The van der Waals surface area contributed by atoms with E-state index in [1.165, 1.54) is 25.8 Å². The highest BCUT2D eigenvalue weighted by atomic mass is 79.9. The second-order valence-electron chi connectivity index (χ2n) is 4.17. The molecule has 2 fully saturated rings. The van der Waals surface area contributed by atoms with Crippen LogP contribution in [0.25, 0.3) is 0 Å². The standard InChI is InChI=1S/C10H18BrNO/c11-6-10-8-13-5-4-12(10)7-9-2-1-3-9/h9-10H,1-8H2. The maximum absolute atomic E-state index is 5.46. The average Bonchev–Trinajstić information content (AvgIpc) is 2.12. The molecule has 0 bridgehead atoms. The summed E-state index contributed by atoms with van der Waals surface area (Å²) >= 11 is 3.56. The van der Waals surface area contributed by atoms with Gasteiger partial charge in [0.1, 0.15) is 0 Å². The fraction of sp³-hybridized carbons (Fsp3) is 1.00. The van der Waals surface area contributed by atoms with E-state index in [-0.39, 0.29) is 0 Å². The summed E-state index contributed by atoms with van der Waals surface area (Å²) in [5.74, 6) is 0.986. The highest BCUT2D eigenvalue weighted by Crippen LogP contribution is 2.28. The van der Waals surface area contributed by atoms with Crippen molar-refractivity contribution < 1.29 is 4.74 Å². The van der Waals surface area contributed by atoms with Crippen LogP contribution >= 0.6 is 15.9 Å². The molecule has 3 heteroatoms. The number of ether oxygens (including phenoxy) is 1. The Hall–Kier alpha value is 0.400. The van der Waals surface area contributed by atoms with Crippen molar-refractivity contribution in [3.8, 4) is 0 Å². The van der Waals surface area contributed by atoms with Gasteiger partial charge in [-0.3, -0.25) is 4.90 Å². The fourth-order valence-corrected chi connectivity index (χ4v) is 2.68. The molecule has 0 spiro atoms. The van der Waals surface area contributed by atoms with Gasteiger partial charge in [-0.15, -0.1) is 0 Å². The summed E-state index contributed by atoms with van der Waals surface area (Å²) in [6.45, 7) is 4.28. The van der Waals surface area contributed by atoms with Crippen LogP contribution in [-0.2, 0) is 4.74 Å². The van der Waals surface area contributed by atoms with Gasteiger partial charge in [0.25, 0.3) is 0 Å². The first kappa shape index (κ1) is 9.94. The van der Waals surface area contributed by atoms with E-state index < -0.39 is 0 Å². The molecule has 76 valence electrons. The van der Waals surface area contributed by atoms with E-state index in [0.717, 1.165) is 31.0 Å². The van der Waals surface area contributed by atoms with Gasteiger partial charge in [-0.2, -0.15) is 0 Å². The third-order valence-electron chi connectivity index (χ3n) is 3.25. The van der Waals surface area contributed by atoms with Crippen molar-refractivity contribution in [2.45, 2.75) is 25.3 Å². The second-order valence-corrected chi connectivity index (χ2v) is 4.82. The number of morpholine rings is 1. The van der Waals surface area contributed by atoms with Crippen LogP contribution in [0.2, 0.25) is 0 Å². The Morgan fingerprint density at radius 3 is 2.85 bits per heavy atom. The molecule has 13 heavy (non-hydrogen) atoms. The first-order valence-electron chi connectivity index (χ1n) is 5.28. The molecule has 1 saturated carbocycles. The summed E-state index contributed by atoms with van der Waals surface area (Å²) in [6.07, 6.45) is 4.35. The molecule has 0 aromatic carbocycles. The Labute approximate surface area is 88.8 Å². The minimum absolute atomic E-state index is 0.620. The van der Waals surface area contributed by atoms with Crippen LogP contribution in [0.15, 0.2) is 0 Å². The largest absolute Gasteiger partial charge is 0.378 e. The first-order chi connectivity index (χ1) is 6.40. The second kappa shape index (κ2) is 4.76. The van der Waals surface area contributed by atoms with Crippen LogP contribution in [0.1, 0.15) is 19.3 Å². The fourth-order valence-electron chi connectivity index (χ4n) is 2.08. The molecule has 0 amide bonds. The van der Waals surface area contributed by atoms with Crippen LogP contribution in [-0.4, -0.2) is 42.6 Å². The Kier molecular flexibility index (Phi) is 3.64. The molecule has 1 aliphatic heterocycles. The van der Waals surface area contributed by atoms with Crippen LogP contribution in [0.5, 0.6) is 0 Å². The summed E-state index contributed by atoms with van der Waals surface area (Å²) in [4.78, 5) is 2.60. The lowest BCUT2D eigenvalue weighted by molar-refractivity contribution is -0.0107. The lowest BCUT2D eigenvalue weighted by Crippen LogP contribution is -2.49. The van der Waals surface area contributed by atoms with Crippen molar-refractivity contribution in [3.05, 3.63) is 0 Å². The minimum Gasteiger partial charge on any atom is -0.378 e. The minimum atomic E-state index is 0.620. The van der Waals surface area contributed by atoms with Crippen molar-refractivity contribution in [2.24, 2.45) is 5.92 Å². The Bertz CT molecular complexity index is 161. The van der Waals surface area contributed by atoms with Gasteiger partial charge in [0.2, 0.25) is 0 Å². The van der Waals surface area contributed by atoms with Crippen LogP contribution in [0, 0.1) is 5.92 Å². The van der Waals surface area contributed by atoms with Gasteiger partial charge in [0, 0.05) is 24.5 Å². The quantitative estimate of drug-likeness (QED) is 0.707. The Morgan fingerprint density at radius 2 is 2.23 bits per heavy atom. The van der Waals surface area contributed by atoms with Crippen LogP contribution in [0.4, 0.5) is 0 Å². The molecule has 0 N–H and O–H groups in total. The third kappa shape index (κ3) is 2.45. The zero-order valence-corrected chi connectivity index (χ0v) is 9.63. The van der Waals surface area contributed by atoms with Crippen molar-refractivity contribution in [1.82, 2.24) is 4.90 Å². The van der Waals surface area contributed by atoms with E-state index in [9.17, 15) is 0 Å². The van der Waals surface area contributed by atoms with E-state index in [0.29, 0.717) is 6.04 Å². The van der Waals surface area contributed by atoms with E-state index in [1.54, 1.807) is 0 Å². The van der Waals surface area contributed by atoms with Gasteiger partial charge in [-0.25, -0.2) is 0 Å². The average molecular weight is 248 g/mol. The smallest absolute Gasteiger partial charge is 0.0630 e. The molecule has 2 nitrogen and oxygen atoms in total. The van der Waals surface area contributed by atoms with Crippen molar-refractivity contribution in [3.63, 3.8) is 0 Å². The molecule has 1 aliphatic carbocycles. The number of alkyl halides is 1. The maximum Gasteiger partial charge on any atom is 0.0630 e. The lowest BCUT2D eigenvalue weighted by atomic mass is 9.85. The van der Waals surface area contributed by atoms with Crippen LogP contribution in [0.3, 0.4) is 0 Å². The lowest BCUT2D eigenvalue weighted by Gasteiger charge is -2.39. The SMILES string of the molecule is BrCC1COCCN1CC1CCC1. The van der Waals surface area contributed by atoms with E-state index in [1.807, 2.05) is 0 Å². The molecule has 0 aromatic rings. The molecular formula is C10H18BrNO. The predicted octanol–water partition coefficient (Wildman–Crippen LogP) is 1.88. The number of halogens is 1. The number of hydrogen-bond donors (Lipinski definition) is 0. The highest BCUT2D eigenvalue weighted by Gasteiger charge is 2.26. The van der Waals surface area contributed by atoms with E-state index in [4.69, 9.17) is 4.74 Å². The summed E-state index contributed by atoms with van der Waals surface area (Å²) in [5, 5.41) is 1.06. The summed E-state index contributed by atoms with van der Waals surface area (Å²) < 4.78 is 5.46. The molecule has 0 radical (unpaired) electrons. The zero-order valence-electron chi connectivity index (χ0n) is 8.04. The third-order valence-corrected chi connectivity index (χ3v) is 3.99. The Balaban J connectivity index is 1.79. The molecule has 1 heterocycles. The molecule has 2 rings (SSSR count). The Morgan fingerprint density at radius 1 is 1.38 bits per heavy atom. The van der Waals surface area contributed by atoms with Gasteiger partial charge in [0.15, 0.2) is 0 Å². The predicted molar refractivity (Wildman–Crippen MR) is 57.3 cm³/mol. The van der Waals surface area contributed by atoms with Crippen molar-refractivity contribution in [1.29, 1.82) is 0 Å². The normalized spacial score (nSPS) is 31.6. The molecule has 1 unspecified atom stereocenters. The number of rotatable bonds is 3. The first-order valence-corrected chi connectivity index (χ1v) is 6.40. The van der Waals surface area contributed by atoms with Gasteiger partial charge in [0.05, 0.1) is 13.2 Å². The van der Waals surface area contributed by atoms with E-state index >= 15 is 0 Å². The summed E-state index contributed by atoms with van der Waals surface area (Å²) in [7, 11) is 0. The van der Waals surface area contributed by atoms with Gasteiger partial charge < -0.3 is 4.74 Å². The molecule has 2 aliphatic rings. The van der Waals surface area contributed by atoms with Crippen LogP contribution < -0.4 is 0 Å². The van der Waals surface area contributed by atoms with Gasteiger partial charge in [-0.05, 0) is 18.8 Å².